The molecular weight excluding hydrogens is 328 g/mol. The summed E-state index contributed by atoms with van der Waals surface area (Å²) in [6.07, 6.45) is 3.99. The molecule has 26 heavy (non-hydrogen) atoms. The molecular formula is C20H22N4O2. The molecule has 2 aromatic heterocycles. The van der Waals surface area contributed by atoms with Crippen LogP contribution in [-0.4, -0.2) is 20.4 Å². The third-order valence-electron chi connectivity index (χ3n) is 4.31. The molecule has 0 fully saturated rings. The molecule has 2 heterocycles. The molecule has 6 heteroatoms. The smallest absolute Gasteiger partial charge is 0.267 e. The fraction of sp³-hybridized carbons (Fsp3) is 0.300. The van der Waals surface area contributed by atoms with E-state index in [4.69, 9.17) is 0 Å². The van der Waals surface area contributed by atoms with Crippen LogP contribution in [0, 0.1) is 13.8 Å². The summed E-state index contributed by atoms with van der Waals surface area (Å²) in [5.74, 6) is 0.579. The van der Waals surface area contributed by atoms with Crippen molar-refractivity contribution in [2.75, 3.05) is 5.32 Å². The number of rotatable bonds is 5. The summed E-state index contributed by atoms with van der Waals surface area (Å²) in [4.78, 5) is 33.4. The number of anilines is 1. The lowest BCUT2D eigenvalue weighted by atomic mass is 10.1. The second-order valence-corrected chi connectivity index (χ2v) is 6.33. The Morgan fingerprint density at radius 3 is 2.77 bits per heavy atom. The number of carbonyl (C=O) groups is 1. The first kappa shape index (κ1) is 17.8. The zero-order valence-electron chi connectivity index (χ0n) is 15.2. The van der Waals surface area contributed by atoms with E-state index in [1.807, 2.05) is 25.1 Å². The van der Waals surface area contributed by atoms with Crippen LogP contribution in [0.1, 0.15) is 37.6 Å². The first-order valence-corrected chi connectivity index (χ1v) is 8.76. The van der Waals surface area contributed by atoms with Gasteiger partial charge in [-0.2, -0.15) is 0 Å². The van der Waals surface area contributed by atoms with Crippen LogP contribution in [0.15, 0.2) is 41.3 Å². The predicted octanol–water partition coefficient (Wildman–Crippen LogP) is 3.53. The van der Waals surface area contributed by atoms with Gasteiger partial charge in [-0.05, 0) is 56.2 Å². The van der Waals surface area contributed by atoms with Crippen LogP contribution < -0.4 is 10.9 Å². The van der Waals surface area contributed by atoms with E-state index < -0.39 is 0 Å². The van der Waals surface area contributed by atoms with E-state index in [2.05, 4.69) is 22.2 Å². The predicted molar refractivity (Wildman–Crippen MR) is 103 cm³/mol. The van der Waals surface area contributed by atoms with Gasteiger partial charge in [-0.15, -0.1) is 0 Å². The lowest BCUT2D eigenvalue weighted by Crippen LogP contribution is -2.22. The quantitative estimate of drug-likeness (QED) is 0.764. The zero-order chi connectivity index (χ0) is 18.7. The van der Waals surface area contributed by atoms with Crippen molar-refractivity contribution in [3.05, 3.63) is 58.3 Å². The SMILES string of the molecule is CCCCC(=O)Nc1ccc(-n2c(C)nc3ncccc3c2=O)cc1C. The highest BCUT2D eigenvalue weighted by molar-refractivity contribution is 5.91. The van der Waals surface area contributed by atoms with Gasteiger partial charge < -0.3 is 5.32 Å². The summed E-state index contributed by atoms with van der Waals surface area (Å²) in [6.45, 7) is 5.75. The van der Waals surface area contributed by atoms with Crippen LogP contribution in [0.2, 0.25) is 0 Å². The number of hydrogen-bond acceptors (Lipinski definition) is 4. The first-order chi connectivity index (χ1) is 12.5. The average molecular weight is 350 g/mol. The van der Waals surface area contributed by atoms with Crippen LogP contribution in [0.3, 0.4) is 0 Å². The van der Waals surface area contributed by atoms with Crippen LogP contribution in [-0.2, 0) is 4.79 Å². The average Bonchev–Trinajstić information content (AvgIpc) is 2.62. The van der Waals surface area contributed by atoms with Gasteiger partial charge >= 0.3 is 0 Å². The molecule has 0 saturated carbocycles. The van der Waals surface area contributed by atoms with Gasteiger partial charge in [0.05, 0.1) is 11.1 Å². The van der Waals surface area contributed by atoms with Gasteiger partial charge in [-0.25, -0.2) is 9.97 Å². The van der Waals surface area contributed by atoms with Gasteiger partial charge in [0.25, 0.3) is 5.56 Å². The Labute approximate surface area is 151 Å². The number of amides is 1. The lowest BCUT2D eigenvalue weighted by molar-refractivity contribution is -0.116. The Balaban J connectivity index is 1.98. The van der Waals surface area contributed by atoms with Crippen molar-refractivity contribution < 1.29 is 4.79 Å². The standard InChI is InChI=1S/C20H22N4O2/c1-4-5-8-18(25)23-17-10-9-15(12-13(17)2)24-14(3)22-19-16(20(24)26)7-6-11-21-19/h6-7,9-12H,4-5,8H2,1-3H3,(H,23,25). The third kappa shape index (κ3) is 3.49. The molecule has 134 valence electrons. The molecule has 0 bridgehead atoms. The van der Waals surface area contributed by atoms with E-state index in [0.717, 1.165) is 29.8 Å². The van der Waals surface area contributed by atoms with Crippen molar-refractivity contribution in [3.8, 4) is 5.69 Å². The molecule has 0 aliphatic carbocycles. The molecule has 1 aromatic carbocycles. The summed E-state index contributed by atoms with van der Waals surface area (Å²) in [5, 5.41) is 3.41. The zero-order valence-corrected chi connectivity index (χ0v) is 15.2. The number of pyridine rings is 1. The maximum atomic E-state index is 12.9. The van der Waals surface area contributed by atoms with Crippen molar-refractivity contribution in [2.24, 2.45) is 0 Å². The second-order valence-electron chi connectivity index (χ2n) is 6.33. The van der Waals surface area contributed by atoms with Gasteiger partial charge in [0.1, 0.15) is 5.82 Å². The number of fused-ring (bicyclic) bond motifs is 1. The Morgan fingerprint density at radius 2 is 2.04 bits per heavy atom. The number of nitrogens with one attached hydrogen (secondary N) is 1. The van der Waals surface area contributed by atoms with Crippen LogP contribution in [0.25, 0.3) is 16.7 Å². The lowest BCUT2D eigenvalue weighted by Gasteiger charge is -2.14. The van der Waals surface area contributed by atoms with Crippen molar-refractivity contribution >= 4 is 22.6 Å². The van der Waals surface area contributed by atoms with Gasteiger partial charge in [0.2, 0.25) is 5.91 Å². The summed E-state index contributed by atoms with van der Waals surface area (Å²) in [7, 11) is 0. The monoisotopic (exact) mass is 350 g/mol. The van der Waals surface area contributed by atoms with E-state index in [0.29, 0.717) is 23.3 Å². The van der Waals surface area contributed by atoms with Gasteiger partial charge in [0, 0.05) is 18.3 Å². The molecule has 3 rings (SSSR count). The Morgan fingerprint density at radius 1 is 1.23 bits per heavy atom. The summed E-state index contributed by atoms with van der Waals surface area (Å²) in [5.41, 5.74) is 2.67. The summed E-state index contributed by atoms with van der Waals surface area (Å²) in [6, 6.07) is 8.98. The number of hydrogen-bond donors (Lipinski definition) is 1. The number of unbranched alkanes of at least 4 members (excludes halogenated alkanes) is 1. The molecule has 0 atom stereocenters. The molecule has 3 aromatic rings. The minimum absolute atomic E-state index is 0.00879. The number of aromatic nitrogens is 3. The van der Waals surface area contributed by atoms with E-state index in [1.54, 1.807) is 29.8 Å². The second kappa shape index (κ2) is 7.47. The van der Waals surface area contributed by atoms with E-state index in [9.17, 15) is 9.59 Å². The molecule has 0 saturated heterocycles. The minimum atomic E-state index is -0.153. The first-order valence-electron chi connectivity index (χ1n) is 8.76. The normalized spacial score (nSPS) is 10.9. The number of nitrogens with zero attached hydrogens (tertiary/aromatic N) is 3. The fourth-order valence-corrected chi connectivity index (χ4v) is 2.90. The van der Waals surface area contributed by atoms with E-state index in [1.165, 1.54) is 0 Å². The van der Waals surface area contributed by atoms with Crippen molar-refractivity contribution in [1.29, 1.82) is 0 Å². The highest BCUT2D eigenvalue weighted by Crippen LogP contribution is 2.20. The van der Waals surface area contributed by atoms with Gasteiger partial charge in [0.15, 0.2) is 5.65 Å². The topological polar surface area (TPSA) is 76.9 Å². The molecule has 0 radical (unpaired) electrons. The molecule has 1 N–H and O–H groups in total. The number of aryl methyl sites for hydroxylation is 2. The molecule has 6 nitrogen and oxygen atoms in total. The fourth-order valence-electron chi connectivity index (χ4n) is 2.90. The minimum Gasteiger partial charge on any atom is -0.326 e. The van der Waals surface area contributed by atoms with Crippen LogP contribution >= 0.6 is 0 Å². The van der Waals surface area contributed by atoms with Crippen molar-refractivity contribution in [3.63, 3.8) is 0 Å². The Kier molecular flexibility index (Phi) is 5.11. The highest BCUT2D eigenvalue weighted by Gasteiger charge is 2.12. The number of carbonyl (C=O) groups excluding carboxylic acids is 1. The maximum absolute atomic E-state index is 12.9. The van der Waals surface area contributed by atoms with E-state index in [-0.39, 0.29) is 11.5 Å². The maximum Gasteiger partial charge on any atom is 0.267 e. The van der Waals surface area contributed by atoms with Gasteiger partial charge in [-0.1, -0.05) is 13.3 Å². The molecule has 0 aliphatic heterocycles. The summed E-state index contributed by atoms with van der Waals surface area (Å²) >= 11 is 0. The van der Waals surface area contributed by atoms with Crippen LogP contribution in [0.5, 0.6) is 0 Å². The largest absolute Gasteiger partial charge is 0.326 e. The van der Waals surface area contributed by atoms with Crippen molar-refractivity contribution in [1.82, 2.24) is 14.5 Å². The highest BCUT2D eigenvalue weighted by atomic mass is 16.1. The van der Waals surface area contributed by atoms with Crippen molar-refractivity contribution in [2.45, 2.75) is 40.0 Å². The number of benzene rings is 1. The molecule has 0 aliphatic rings. The molecule has 1 amide bonds. The van der Waals surface area contributed by atoms with E-state index >= 15 is 0 Å². The summed E-state index contributed by atoms with van der Waals surface area (Å²) < 4.78 is 1.57. The Bertz CT molecular complexity index is 1020. The van der Waals surface area contributed by atoms with Crippen LogP contribution in [0.4, 0.5) is 5.69 Å². The third-order valence-corrected chi connectivity index (χ3v) is 4.31. The van der Waals surface area contributed by atoms with Gasteiger partial charge in [-0.3, -0.25) is 14.2 Å². The Hall–Kier alpha value is -3.02. The molecule has 0 spiro atoms. The molecule has 0 unspecified atom stereocenters.